The van der Waals surface area contributed by atoms with Crippen LogP contribution >= 0.6 is 0 Å². The Bertz CT molecular complexity index is 840. The molecule has 0 aliphatic heterocycles. The van der Waals surface area contributed by atoms with Gasteiger partial charge in [-0.2, -0.15) is 0 Å². The lowest BCUT2D eigenvalue weighted by Crippen LogP contribution is -2.00. The van der Waals surface area contributed by atoms with Crippen LogP contribution in [-0.2, 0) is 0 Å². The van der Waals surface area contributed by atoms with Gasteiger partial charge >= 0.3 is 0 Å². The Kier molecular flexibility index (Phi) is 1.56. The number of aromatic nitrogens is 3. The number of H-pyrrole nitrogens is 2. The predicted octanol–water partition coefficient (Wildman–Crippen LogP) is 2.68. The fourth-order valence-electron chi connectivity index (χ4n) is 2.36. The molecule has 3 heteroatoms. The molecule has 0 spiro atoms. The quantitative estimate of drug-likeness (QED) is 0.486. The summed E-state index contributed by atoms with van der Waals surface area (Å²) in [5.41, 5.74) is 3.34. The maximum Gasteiger partial charge on any atom is 0.284 e. The summed E-state index contributed by atoms with van der Waals surface area (Å²) >= 11 is 0. The molecule has 0 amide bonds. The number of nitrogens with zero attached hydrogens (tertiary/aromatic N) is 1. The lowest BCUT2D eigenvalue weighted by molar-refractivity contribution is -0.380. The first-order valence-corrected chi connectivity index (χ1v) is 5.58. The van der Waals surface area contributed by atoms with Crippen LogP contribution in [0.15, 0.2) is 48.9 Å². The van der Waals surface area contributed by atoms with E-state index in [1.165, 1.54) is 16.3 Å². The summed E-state index contributed by atoms with van der Waals surface area (Å²) in [5.74, 6) is 0. The average molecular weight is 220 g/mol. The molecule has 4 rings (SSSR count). The number of para-hydroxylation sites is 1. The lowest BCUT2D eigenvalue weighted by Gasteiger charge is -1.92. The Morgan fingerprint density at radius 2 is 1.94 bits per heavy atom. The summed E-state index contributed by atoms with van der Waals surface area (Å²) in [5, 5.41) is 3.59. The van der Waals surface area contributed by atoms with E-state index >= 15 is 0 Å². The van der Waals surface area contributed by atoms with Crippen molar-refractivity contribution >= 4 is 32.7 Å². The number of fused-ring (bicyclic) bond motifs is 4. The zero-order valence-corrected chi connectivity index (χ0v) is 9.07. The molecule has 4 aromatic rings. The predicted molar refractivity (Wildman–Crippen MR) is 67.7 cm³/mol. The van der Waals surface area contributed by atoms with Crippen LogP contribution in [0.3, 0.4) is 0 Å². The number of rotatable bonds is 0. The van der Waals surface area contributed by atoms with E-state index < -0.39 is 0 Å². The van der Waals surface area contributed by atoms with E-state index in [9.17, 15) is 0 Å². The second-order valence-electron chi connectivity index (χ2n) is 4.20. The highest BCUT2D eigenvalue weighted by molar-refractivity contribution is 6.11. The normalized spacial score (nSPS) is 11.5. The summed E-state index contributed by atoms with van der Waals surface area (Å²) < 4.78 is 0. The van der Waals surface area contributed by atoms with Gasteiger partial charge in [0.1, 0.15) is 0 Å². The maximum atomic E-state index is 4.35. The zero-order chi connectivity index (χ0) is 11.2. The van der Waals surface area contributed by atoms with Crippen LogP contribution in [0, 0.1) is 0 Å². The van der Waals surface area contributed by atoms with Crippen molar-refractivity contribution in [2.45, 2.75) is 0 Å². The summed E-state index contributed by atoms with van der Waals surface area (Å²) in [6.45, 7) is 0. The SMILES string of the molecule is c1ccc2c(c1)[nH]c1cc3c[nH+]cnc3cc12. The van der Waals surface area contributed by atoms with Gasteiger partial charge in [0.25, 0.3) is 6.33 Å². The second-order valence-corrected chi connectivity index (χ2v) is 4.20. The van der Waals surface area contributed by atoms with E-state index in [1.807, 2.05) is 12.3 Å². The smallest absolute Gasteiger partial charge is 0.284 e. The molecule has 0 radical (unpaired) electrons. The molecule has 2 heterocycles. The van der Waals surface area contributed by atoms with E-state index in [-0.39, 0.29) is 0 Å². The van der Waals surface area contributed by atoms with Crippen molar-refractivity contribution in [3.63, 3.8) is 0 Å². The molecule has 80 valence electrons. The third kappa shape index (κ3) is 1.16. The molecular formula is C14H10N3+. The number of hydrogen-bond donors (Lipinski definition) is 1. The van der Waals surface area contributed by atoms with Gasteiger partial charge in [0, 0.05) is 27.9 Å². The molecule has 0 saturated carbocycles. The molecule has 0 aliphatic carbocycles. The number of aromatic amines is 2. The topological polar surface area (TPSA) is 42.8 Å². The van der Waals surface area contributed by atoms with Crippen LogP contribution in [0.25, 0.3) is 32.7 Å². The average Bonchev–Trinajstić information content (AvgIpc) is 2.73. The minimum atomic E-state index is 1.01. The van der Waals surface area contributed by atoms with E-state index in [0.717, 1.165) is 16.4 Å². The summed E-state index contributed by atoms with van der Waals surface area (Å²) in [4.78, 5) is 10.8. The van der Waals surface area contributed by atoms with E-state index in [4.69, 9.17) is 0 Å². The van der Waals surface area contributed by atoms with Crippen molar-refractivity contribution in [1.29, 1.82) is 0 Å². The van der Waals surface area contributed by atoms with Crippen LogP contribution in [0.2, 0.25) is 0 Å². The molecular weight excluding hydrogens is 210 g/mol. The Hall–Kier alpha value is -2.42. The van der Waals surface area contributed by atoms with Crippen molar-refractivity contribution in [3.8, 4) is 0 Å². The van der Waals surface area contributed by atoms with E-state index in [0.29, 0.717) is 0 Å². The van der Waals surface area contributed by atoms with Crippen LogP contribution in [-0.4, -0.2) is 9.97 Å². The lowest BCUT2D eigenvalue weighted by atomic mass is 10.1. The largest absolute Gasteiger partial charge is 0.354 e. The van der Waals surface area contributed by atoms with E-state index in [1.54, 1.807) is 6.33 Å². The summed E-state index contributed by atoms with van der Waals surface area (Å²) in [6, 6.07) is 12.6. The van der Waals surface area contributed by atoms with Gasteiger partial charge in [-0.25, -0.2) is 4.98 Å². The van der Waals surface area contributed by atoms with Gasteiger partial charge < -0.3 is 4.98 Å². The molecule has 2 N–H and O–H groups in total. The first kappa shape index (κ1) is 8.70. The third-order valence-electron chi connectivity index (χ3n) is 3.17. The minimum absolute atomic E-state index is 1.01. The monoisotopic (exact) mass is 220 g/mol. The highest BCUT2D eigenvalue weighted by Crippen LogP contribution is 2.27. The Morgan fingerprint density at radius 3 is 2.94 bits per heavy atom. The molecule has 0 fully saturated rings. The van der Waals surface area contributed by atoms with Crippen LogP contribution in [0.5, 0.6) is 0 Å². The highest BCUT2D eigenvalue weighted by Gasteiger charge is 2.07. The van der Waals surface area contributed by atoms with Gasteiger partial charge in [0.15, 0.2) is 5.52 Å². The molecule has 3 nitrogen and oxygen atoms in total. The molecule has 2 aromatic heterocycles. The van der Waals surface area contributed by atoms with Crippen LogP contribution < -0.4 is 4.98 Å². The Labute approximate surface area is 97.1 Å². The van der Waals surface area contributed by atoms with Crippen molar-refractivity contribution in [3.05, 3.63) is 48.9 Å². The van der Waals surface area contributed by atoms with Crippen LogP contribution in [0.1, 0.15) is 0 Å². The first-order chi connectivity index (χ1) is 8.42. The first-order valence-electron chi connectivity index (χ1n) is 5.58. The molecule has 0 atom stereocenters. The van der Waals surface area contributed by atoms with E-state index in [2.05, 4.69) is 45.3 Å². The van der Waals surface area contributed by atoms with Crippen molar-refractivity contribution in [2.24, 2.45) is 0 Å². The molecule has 17 heavy (non-hydrogen) atoms. The molecule has 0 bridgehead atoms. The highest BCUT2D eigenvalue weighted by atomic mass is 14.8. The molecule has 0 unspecified atom stereocenters. The Morgan fingerprint density at radius 1 is 1.00 bits per heavy atom. The van der Waals surface area contributed by atoms with Crippen molar-refractivity contribution in [2.75, 3.05) is 0 Å². The van der Waals surface area contributed by atoms with Gasteiger partial charge in [-0.15, -0.1) is 0 Å². The molecule has 0 aliphatic rings. The number of benzene rings is 2. The van der Waals surface area contributed by atoms with Crippen molar-refractivity contribution in [1.82, 2.24) is 9.97 Å². The minimum Gasteiger partial charge on any atom is -0.354 e. The number of hydrogen-bond acceptors (Lipinski definition) is 1. The van der Waals surface area contributed by atoms with Gasteiger partial charge in [-0.3, -0.25) is 0 Å². The van der Waals surface area contributed by atoms with Gasteiger partial charge in [-0.05, 0) is 17.1 Å². The Balaban J connectivity index is 2.28. The number of nitrogens with one attached hydrogen (secondary N) is 2. The molecule has 2 aromatic carbocycles. The fourth-order valence-corrected chi connectivity index (χ4v) is 2.36. The van der Waals surface area contributed by atoms with Crippen LogP contribution in [0.4, 0.5) is 0 Å². The van der Waals surface area contributed by atoms with Gasteiger partial charge in [0.2, 0.25) is 0 Å². The summed E-state index contributed by atoms with van der Waals surface area (Å²) in [7, 11) is 0. The van der Waals surface area contributed by atoms with Gasteiger partial charge in [0.05, 0.1) is 11.6 Å². The maximum absolute atomic E-state index is 4.35. The van der Waals surface area contributed by atoms with Gasteiger partial charge in [-0.1, -0.05) is 18.2 Å². The second kappa shape index (κ2) is 3.04. The van der Waals surface area contributed by atoms with Crippen molar-refractivity contribution < 1.29 is 4.98 Å². The zero-order valence-electron chi connectivity index (χ0n) is 9.07. The molecule has 0 saturated heterocycles. The standard InChI is InChI=1S/C14H9N3/c1-2-4-12-10(3-1)11-6-13-9(5-14(11)17-12)7-15-8-16-13/h1-8,17H/p+1. The fraction of sp³-hybridized carbons (Fsp3) is 0. The third-order valence-corrected chi connectivity index (χ3v) is 3.17. The summed E-state index contributed by atoms with van der Waals surface area (Å²) in [6.07, 6.45) is 3.68.